The molecule has 0 bridgehead atoms. The monoisotopic (exact) mass is 316 g/mol. The van der Waals surface area contributed by atoms with Gasteiger partial charge in [0.1, 0.15) is 11.5 Å². The third-order valence-corrected chi connectivity index (χ3v) is 3.14. The average molecular weight is 318 g/mol. The van der Waals surface area contributed by atoms with E-state index in [2.05, 4.69) is 15.9 Å². The van der Waals surface area contributed by atoms with Gasteiger partial charge in [-0.15, -0.1) is 0 Å². The van der Waals surface area contributed by atoms with E-state index >= 15 is 0 Å². The van der Waals surface area contributed by atoms with E-state index < -0.39 is 0 Å². The fraction of sp³-hybridized carbons (Fsp3) is 0. The summed E-state index contributed by atoms with van der Waals surface area (Å²) in [6.45, 7) is 0. The van der Waals surface area contributed by atoms with Crippen molar-refractivity contribution in [1.82, 2.24) is 0 Å². The molecule has 16 heavy (non-hydrogen) atoms. The minimum Gasteiger partial charge on any atom is -0.455 e. The van der Waals surface area contributed by atoms with Crippen molar-refractivity contribution in [2.45, 2.75) is 0 Å². The van der Waals surface area contributed by atoms with Crippen molar-refractivity contribution in [3.05, 3.63) is 57.0 Å². The standard InChI is InChI=1S/C12H7BrCl2O/c13-9-3-1-2-4-11(9)16-12-6-5-8(14)7-10(12)15/h1-7H. The second-order valence-electron chi connectivity index (χ2n) is 3.11. The molecule has 0 fully saturated rings. The van der Waals surface area contributed by atoms with Crippen LogP contribution in [0.3, 0.4) is 0 Å². The molecule has 1 nitrogen and oxygen atoms in total. The van der Waals surface area contributed by atoms with Gasteiger partial charge < -0.3 is 4.74 Å². The molecule has 2 rings (SSSR count). The van der Waals surface area contributed by atoms with Crippen LogP contribution in [0.2, 0.25) is 10.0 Å². The Morgan fingerprint density at radius 3 is 2.38 bits per heavy atom. The Kier molecular flexibility index (Phi) is 3.74. The van der Waals surface area contributed by atoms with Gasteiger partial charge in [0.2, 0.25) is 0 Å². The van der Waals surface area contributed by atoms with E-state index in [1.54, 1.807) is 18.2 Å². The maximum absolute atomic E-state index is 6.01. The van der Waals surface area contributed by atoms with Crippen LogP contribution in [-0.2, 0) is 0 Å². The first-order valence-corrected chi connectivity index (χ1v) is 6.09. The van der Waals surface area contributed by atoms with Gasteiger partial charge in [-0.05, 0) is 46.3 Å². The predicted molar refractivity (Wildman–Crippen MR) is 70.7 cm³/mol. The zero-order valence-electron chi connectivity index (χ0n) is 8.08. The molecule has 0 aromatic heterocycles. The van der Waals surface area contributed by atoms with E-state index in [0.717, 1.165) is 4.47 Å². The number of para-hydroxylation sites is 1. The lowest BCUT2D eigenvalue weighted by Crippen LogP contribution is -1.86. The Balaban J connectivity index is 2.31. The van der Waals surface area contributed by atoms with Crippen LogP contribution in [0.25, 0.3) is 0 Å². The Hall–Kier alpha value is -0.700. The van der Waals surface area contributed by atoms with Crippen molar-refractivity contribution in [3.63, 3.8) is 0 Å². The fourth-order valence-corrected chi connectivity index (χ4v) is 2.02. The van der Waals surface area contributed by atoms with Crippen LogP contribution in [0.15, 0.2) is 46.9 Å². The molecule has 0 atom stereocenters. The van der Waals surface area contributed by atoms with E-state index in [0.29, 0.717) is 21.5 Å². The van der Waals surface area contributed by atoms with Crippen LogP contribution < -0.4 is 4.74 Å². The van der Waals surface area contributed by atoms with Crippen molar-refractivity contribution in [1.29, 1.82) is 0 Å². The molecule has 0 spiro atoms. The molecule has 82 valence electrons. The van der Waals surface area contributed by atoms with Crippen molar-refractivity contribution in [3.8, 4) is 11.5 Å². The highest BCUT2D eigenvalue weighted by Gasteiger charge is 2.05. The Morgan fingerprint density at radius 1 is 0.938 bits per heavy atom. The molecule has 0 saturated carbocycles. The molecular formula is C12H7BrCl2O. The average Bonchev–Trinajstić information content (AvgIpc) is 2.25. The summed E-state index contributed by atoms with van der Waals surface area (Å²) in [6, 6.07) is 12.7. The number of hydrogen-bond donors (Lipinski definition) is 0. The first kappa shape index (κ1) is 11.8. The van der Waals surface area contributed by atoms with E-state index in [9.17, 15) is 0 Å². The summed E-state index contributed by atoms with van der Waals surface area (Å²) in [4.78, 5) is 0. The third-order valence-electron chi connectivity index (χ3n) is 1.95. The highest BCUT2D eigenvalue weighted by Crippen LogP contribution is 2.34. The number of ether oxygens (including phenoxy) is 1. The van der Waals surface area contributed by atoms with E-state index in [-0.39, 0.29) is 0 Å². The van der Waals surface area contributed by atoms with Crippen molar-refractivity contribution in [2.75, 3.05) is 0 Å². The Morgan fingerprint density at radius 2 is 1.69 bits per heavy atom. The number of hydrogen-bond acceptors (Lipinski definition) is 1. The zero-order valence-corrected chi connectivity index (χ0v) is 11.2. The van der Waals surface area contributed by atoms with Crippen LogP contribution >= 0.6 is 39.1 Å². The van der Waals surface area contributed by atoms with Gasteiger partial charge in [0.05, 0.1) is 9.50 Å². The zero-order chi connectivity index (χ0) is 11.5. The molecule has 0 radical (unpaired) electrons. The quantitative estimate of drug-likeness (QED) is 0.705. The van der Waals surface area contributed by atoms with E-state index in [1.165, 1.54) is 0 Å². The first-order chi connectivity index (χ1) is 7.66. The summed E-state index contributed by atoms with van der Waals surface area (Å²) >= 11 is 15.2. The highest BCUT2D eigenvalue weighted by molar-refractivity contribution is 9.10. The smallest absolute Gasteiger partial charge is 0.146 e. The number of benzene rings is 2. The molecular weight excluding hydrogens is 311 g/mol. The second kappa shape index (κ2) is 5.09. The molecule has 0 amide bonds. The van der Waals surface area contributed by atoms with Gasteiger partial charge >= 0.3 is 0 Å². The van der Waals surface area contributed by atoms with Crippen LogP contribution in [0.1, 0.15) is 0 Å². The largest absolute Gasteiger partial charge is 0.455 e. The number of halogens is 3. The van der Waals surface area contributed by atoms with Crippen LogP contribution in [-0.4, -0.2) is 0 Å². The van der Waals surface area contributed by atoms with Gasteiger partial charge in [-0.3, -0.25) is 0 Å². The lowest BCUT2D eigenvalue weighted by molar-refractivity contribution is 0.480. The molecule has 0 aliphatic carbocycles. The van der Waals surface area contributed by atoms with E-state index in [4.69, 9.17) is 27.9 Å². The normalized spacial score (nSPS) is 10.2. The second-order valence-corrected chi connectivity index (χ2v) is 4.81. The van der Waals surface area contributed by atoms with Gasteiger partial charge in [0, 0.05) is 5.02 Å². The summed E-state index contributed by atoms with van der Waals surface area (Å²) in [5.74, 6) is 1.30. The molecule has 0 aliphatic rings. The summed E-state index contributed by atoms with van der Waals surface area (Å²) in [7, 11) is 0. The topological polar surface area (TPSA) is 9.23 Å². The van der Waals surface area contributed by atoms with Crippen molar-refractivity contribution < 1.29 is 4.74 Å². The molecule has 2 aromatic carbocycles. The molecule has 0 unspecified atom stereocenters. The van der Waals surface area contributed by atoms with Crippen LogP contribution in [0.5, 0.6) is 11.5 Å². The SMILES string of the molecule is Clc1ccc(Oc2ccccc2Br)c(Cl)c1. The first-order valence-electron chi connectivity index (χ1n) is 4.54. The van der Waals surface area contributed by atoms with Crippen molar-refractivity contribution in [2.24, 2.45) is 0 Å². The van der Waals surface area contributed by atoms with E-state index in [1.807, 2.05) is 24.3 Å². The van der Waals surface area contributed by atoms with Crippen molar-refractivity contribution >= 4 is 39.1 Å². The fourth-order valence-electron chi connectivity index (χ4n) is 1.20. The van der Waals surface area contributed by atoms with Crippen LogP contribution in [0.4, 0.5) is 0 Å². The summed E-state index contributed by atoms with van der Waals surface area (Å²) < 4.78 is 6.53. The maximum Gasteiger partial charge on any atom is 0.146 e. The van der Waals surface area contributed by atoms with Gasteiger partial charge in [-0.1, -0.05) is 35.3 Å². The predicted octanol–water partition coefficient (Wildman–Crippen LogP) is 5.55. The Labute approximate surface area is 112 Å². The van der Waals surface area contributed by atoms with Crippen LogP contribution in [0, 0.1) is 0 Å². The molecule has 0 aliphatic heterocycles. The summed E-state index contributed by atoms with van der Waals surface area (Å²) in [5.41, 5.74) is 0. The third kappa shape index (κ3) is 2.70. The van der Waals surface area contributed by atoms with Gasteiger partial charge in [0.25, 0.3) is 0 Å². The molecule has 0 saturated heterocycles. The van der Waals surface area contributed by atoms with Gasteiger partial charge in [-0.25, -0.2) is 0 Å². The minimum atomic E-state index is 0.489. The molecule has 0 N–H and O–H groups in total. The molecule has 2 aromatic rings. The lowest BCUT2D eigenvalue weighted by Gasteiger charge is -2.08. The highest BCUT2D eigenvalue weighted by atomic mass is 79.9. The summed E-state index contributed by atoms with van der Waals surface area (Å²) in [5, 5.41) is 1.08. The maximum atomic E-state index is 6.01. The summed E-state index contributed by atoms with van der Waals surface area (Å²) in [6.07, 6.45) is 0. The minimum absolute atomic E-state index is 0.489. The van der Waals surface area contributed by atoms with Gasteiger partial charge in [-0.2, -0.15) is 0 Å². The number of rotatable bonds is 2. The Bertz CT molecular complexity index is 514. The lowest BCUT2D eigenvalue weighted by atomic mass is 10.3. The molecule has 4 heteroatoms. The van der Waals surface area contributed by atoms with Gasteiger partial charge in [0.15, 0.2) is 0 Å². The molecule has 0 heterocycles.